The minimum absolute atomic E-state index is 0.228. The molecule has 1 aromatic heterocycles. The lowest BCUT2D eigenvalue weighted by atomic mass is 10.1. The highest BCUT2D eigenvalue weighted by molar-refractivity contribution is 7.15. The SMILES string of the molecule is Cc1ccc(Cc2cnc(NC(=O)N3CCOC(c4ccc(F)cc4)C3)s2)cc1F. The Balaban J connectivity index is 1.36. The maximum atomic E-state index is 13.7. The van der Waals surface area contributed by atoms with Gasteiger partial charge in [0.1, 0.15) is 17.7 Å². The van der Waals surface area contributed by atoms with Crippen LogP contribution in [-0.2, 0) is 11.2 Å². The molecule has 2 amide bonds. The number of halogens is 2. The molecule has 5 nitrogen and oxygen atoms in total. The van der Waals surface area contributed by atoms with Crippen LogP contribution in [0, 0.1) is 18.6 Å². The molecular weight excluding hydrogens is 408 g/mol. The predicted molar refractivity (Wildman–Crippen MR) is 112 cm³/mol. The van der Waals surface area contributed by atoms with Gasteiger partial charge in [-0.25, -0.2) is 18.6 Å². The third kappa shape index (κ3) is 4.83. The first-order chi connectivity index (χ1) is 14.5. The van der Waals surface area contributed by atoms with Crippen LogP contribution in [0.1, 0.15) is 27.7 Å². The number of morpholine rings is 1. The van der Waals surface area contributed by atoms with Gasteiger partial charge < -0.3 is 9.64 Å². The molecule has 0 saturated carbocycles. The summed E-state index contributed by atoms with van der Waals surface area (Å²) >= 11 is 1.36. The van der Waals surface area contributed by atoms with Crippen molar-refractivity contribution in [1.82, 2.24) is 9.88 Å². The largest absolute Gasteiger partial charge is 0.370 e. The van der Waals surface area contributed by atoms with E-state index in [0.717, 1.165) is 16.0 Å². The molecule has 8 heteroatoms. The molecule has 1 aliphatic rings. The van der Waals surface area contributed by atoms with E-state index in [1.54, 1.807) is 36.2 Å². The molecular formula is C22H21F2N3O2S. The van der Waals surface area contributed by atoms with E-state index >= 15 is 0 Å². The van der Waals surface area contributed by atoms with E-state index in [1.165, 1.54) is 29.5 Å². The Morgan fingerprint density at radius 2 is 2.07 bits per heavy atom. The van der Waals surface area contributed by atoms with Gasteiger partial charge in [-0.15, -0.1) is 11.3 Å². The number of aryl methyl sites for hydroxylation is 1. The monoisotopic (exact) mass is 429 g/mol. The van der Waals surface area contributed by atoms with Crippen molar-refractivity contribution >= 4 is 22.5 Å². The Morgan fingerprint density at radius 3 is 2.83 bits per heavy atom. The third-order valence-electron chi connectivity index (χ3n) is 4.98. The van der Waals surface area contributed by atoms with Crippen LogP contribution in [0.2, 0.25) is 0 Å². The number of nitrogens with one attached hydrogen (secondary N) is 1. The number of urea groups is 1. The van der Waals surface area contributed by atoms with Crippen LogP contribution in [0.15, 0.2) is 48.7 Å². The highest BCUT2D eigenvalue weighted by Crippen LogP contribution is 2.25. The molecule has 1 N–H and O–H groups in total. The molecule has 1 fully saturated rings. The summed E-state index contributed by atoms with van der Waals surface area (Å²) < 4.78 is 32.6. The number of anilines is 1. The van der Waals surface area contributed by atoms with E-state index in [2.05, 4.69) is 10.3 Å². The van der Waals surface area contributed by atoms with Gasteiger partial charge in [0.2, 0.25) is 0 Å². The highest BCUT2D eigenvalue weighted by Gasteiger charge is 2.26. The molecule has 0 bridgehead atoms. The van der Waals surface area contributed by atoms with Crippen molar-refractivity contribution in [1.29, 1.82) is 0 Å². The molecule has 2 heterocycles. The fourth-order valence-electron chi connectivity index (χ4n) is 3.28. The number of hydrogen-bond acceptors (Lipinski definition) is 4. The van der Waals surface area contributed by atoms with Gasteiger partial charge in [0.05, 0.1) is 13.2 Å². The van der Waals surface area contributed by atoms with Gasteiger partial charge in [0.15, 0.2) is 5.13 Å². The Morgan fingerprint density at radius 1 is 1.27 bits per heavy atom. The molecule has 30 heavy (non-hydrogen) atoms. The second-order valence-electron chi connectivity index (χ2n) is 7.18. The number of amides is 2. The molecule has 1 saturated heterocycles. The van der Waals surface area contributed by atoms with Crippen molar-refractivity contribution in [3.8, 4) is 0 Å². The summed E-state index contributed by atoms with van der Waals surface area (Å²) in [6.45, 7) is 2.96. The molecule has 2 aromatic carbocycles. The van der Waals surface area contributed by atoms with E-state index in [-0.39, 0.29) is 23.8 Å². The second kappa shape index (κ2) is 8.89. The minimum atomic E-state index is -0.308. The van der Waals surface area contributed by atoms with E-state index < -0.39 is 0 Å². The average molecular weight is 429 g/mol. The lowest BCUT2D eigenvalue weighted by molar-refractivity contribution is -0.0135. The first-order valence-electron chi connectivity index (χ1n) is 9.60. The molecule has 4 rings (SSSR count). The number of rotatable bonds is 4. The van der Waals surface area contributed by atoms with Crippen LogP contribution in [0.3, 0.4) is 0 Å². The van der Waals surface area contributed by atoms with Crippen molar-refractivity contribution in [2.75, 3.05) is 25.0 Å². The lowest BCUT2D eigenvalue weighted by Crippen LogP contribution is -2.44. The molecule has 3 aromatic rings. The average Bonchev–Trinajstić information content (AvgIpc) is 3.18. The molecule has 0 aliphatic carbocycles. The number of ether oxygens (including phenoxy) is 1. The number of nitrogens with zero attached hydrogens (tertiary/aromatic N) is 2. The third-order valence-corrected chi connectivity index (χ3v) is 5.89. The summed E-state index contributed by atoms with van der Waals surface area (Å²) in [5.41, 5.74) is 2.30. The zero-order chi connectivity index (χ0) is 21.1. The Labute approximate surface area is 177 Å². The van der Waals surface area contributed by atoms with Gasteiger partial charge in [-0.3, -0.25) is 5.32 Å². The van der Waals surface area contributed by atoms with Crippen molar-refractivity contribution in [2.45, 2.75) is 19.4 Å². The minimum Gasteiger partial charge on any atom is -0.370 e. The first-order valence-corrected chi connectivity index (χ1v) is 10.4. The fourth-order valence-corrected chi connectivity index (χ4v) is 4.11. The van der Waals surface area contributed by atoms with Crippen molar-refractivity contribution in [2.24, 2.45) is 0 Å². The van der Waals surface area contributed by atoms with Gasteiger partial charge in [0, 0.05) is 24.0 Å². The van der Waals surface area contributed by atoms with Crippen LogP contribution in [0.4, 0.5) is 18.7 Å². The smallest absolute Gasteiger partial charge is 0.323 e. The van der Waals surface area contributed by atoms with E-state index in [4.69, 9.17) is 4.74 Å². The Hall–Kier alpha value is -2.84. The van der Waals surface area contributed by atoms with Gasteiger partial charge in [0.25, 0.3) is 0 Å². The topological polar surface area (TPSA) is 54.5 Å². The predicted octanol–water partition coefficient (Wildman–Crippen LogP) is 4.93. The molecule has 0 radical (unpaired) electrons. The summed E-state index contributed by atoms with van der Waals surface area (Å²) in [7, 11) is 0. The Kier molecular flexibility index (Phi) is 6.06. The molecule has 1 unspecified atom stereocenters. The quantitative estimate of drug-likeness (QED) is 0.640. The van der Waals surface area contributed by atoms with Crippen LogP contribution < -0.4 is 5.32 Å². The van der Waals surface area contributed by atoms with Crippen molar-refractivity contribution in [3.05, 3.63) is 81.9 Å². The zero-order valence-electron chi connectivity index (χ0n) is 16.4. The van der Waals surface area contributed by atoms with Gasteiger partial charge >= 0.3 is 6.03 Å². The summed E-state index contributed by atoms with van der Waals surface area (Å²) in [4.78, 5) is 19.5. The number of thiazole rings is 1. The normalized spacial score (nSPS) is 16.5. The molecule has 156 valence electrons. The standard InChI is InChI=1S/C22H21F2N3O2S/c1-14-2-3-15(11-19(14)24)10-18-12-25-21(30-18)26-22(28)27-8-9-29-20(13-27)16-4-6-17(23)7-5-16/h2-7,11-12,20H,8-10,13H2,1H3,(H,25,26,28). The maximum absolute atomic E-state index is 13.7. The van der Waals surface area contributed by atoms with Crippen LogP contribution in [0.5, 0.6) is 0 Å². The Bertz CT molecular complexity index is 1040. The van der Waals surface area contributed by atoms with E-state index in [9.17, 15) is 13.6 Å². The number of hydrogen-bond donors (Lipinski definition) is 1. The highest BCUT2D eigenvalue weighted by atomic mass is 32.1. The van der Waals surface area contributed by atoms with Gasteiger partial charge in [-0.2, -0.15) is 0 Å². The van der Waals surface area contributed by atoms with Crippen molar-refractivity contribution < 1.29 is 18.3 Å². The van der Waals surface area contributed by atoms with E-state index in [1.807, 2.05) is 6.07 Å². The summed E-state index contributed by atoms with van der Waals surface area (Å²) in [5, 5.41) is 3.32. The zero-order valence-corrected chi connectivity index (χ0v) is 17.2. The van der Waals surface area contributed by atoms with Crippen LogP contribution in [0.25, 0.3) is 0 Å². The molecule has 0 spiro atoms. The molecule has 1 atom stereocenters. The lowest BCUT2D eigenvalue weighted by Gasteiger charge is -2.33. The van der Waals surface area contributed by atoms with Gasteiger partial charge in [-0.05, 0) is 41.8 Å². The summed E-state index contributed by atoms with van der Waals surface area (Å²) in [6, 6.07) is 11.0. The van der Waals surface area contributed by atoms with Crippen LogP contribution in [-0.4, -0.2) is 35.6 Å². The summed E-state index contributed by atoms with van der Waals surface area (Å²) in [5.74, 6) is -0.536. The summed E-state index contributed by atoms with van der Waals surface area (Å²) in [6.07, 6.45) is 1.95. The van der Waals surface area contributed by atoms with Crippen LogP contribution >= 0.6 is 11.3 Å². The van der Waals surface area contributed by atoms with Crippen molar-refractivity contribution in [3.63, 3.8) is 0 Å². The number of aromatic nitrogens is 1. The number of carbonyl (C=O) groups excluding carboxylic acids is 1. The number of benzene rings is 2. The molecule has 1 aliphatic heterocycles. The second-order valence-corrected chi connectivity index (χ2v) is 8.29. The first kappa shape index (κ1) is 20.4. The maximum Gasteiger partial charge on any atom is 0.323 e. The fraction of sp³-hybridized carbons (Fsp3) is 0.273. The number of carbonyl (C=O) groups is 1. The van der Waals surface area contributed by atoms with E-state index in [0.29, 0.717) is 36.8 Å². The van der Waals surface area contributed by atoms with Gasteiger partial charge in [-0.1, -0.05) is 24.3 Å².